The van der Waals surface area contributed by atoms with Crippen molar-refractivity contribution in [1.29, 1.82) is 0 Å². The van der Waals surface area contributed by atoms with Gasteiger partial charge in [0.1, 0.15) is 11.9 Å². The van der Waals surface area contributed by atoms with Crippen molar-refractivity contribution < 1.29 is 17.9 Å². The molecule has 0 unspecified atom stereocenters. The average Bonchev–Trinajstić information content (AvgIpc) is 2.77. The zero-order chi connectivity index (χ0) is 23.0. The van der Waals surface area contributed by atoms with Gasteiger partial charge in [0, 0.05) is 59.9 Å². The van der Waals surface area contributed by atoms with E-state index in [0.29, 0.717) is 5.56 Å². The number of halogens is 3. The van der Waals surface area contributed by atoms with Crippen molar-refractivity contribution in [3.63, 3.8) is 0 Å². The summed E-state index contributed by atoms with van der Waals surface area (Å²) in [7, 11) is 0. The van der Waals surface area contributed by atoms with Crippen LogP contribution in [-0.4, -0.2) is 42.3 Å². The second kappa shape index (κ2) is 8.74. The average molecular weight is 470 g/mol. The molecular weight excluding hydrogens is 447 g/mol. The maximum Gasteiger partial charge on any atom is 0.434 e. The minimum Gasteiger partial charge on any atom is -0.490 e. The Morgan fingerprint density at radius 3 is 2.58 bits per heavy atom. The fourth-order valence-electron chi connectivity index (χ4n) is 4.29. The number of pyridine rings is 1. The van der Waals surface area contributed by atoms with E-state index in [2.05, 4.69) is 27.0 Å². The standard InChI is InChI=1S/C25H22F3N3OS/c1-33-19-4-2-3-18(14-19)32-17-8-11-31(12-9-17)23-7-10-29-22-6-5-16(13-20(22)23)21-15-30-24(21)25(26,27)28/h2-7,10,13-15,17H,8-9,11-12H2,1H3. The Morgan fingerprint density at radius 2 is 1.88 bits per heavy atom. The van der Waals surface area contributed by atoms with Crippen molar-refractivity contribution >= 4 is 39.6 Å². The molecule has 2 aliphatic rings. The first-order valence-corrected chi connectivity index (χ1v) is 12.0. The zero-order valence-electron chi connectivity index (χ0n) is 18.0. The SMILES string of the molecule is CSc1cccc(OC2CCN(c3ccnc4ccc(C5=CN=C5C(F)(F)F)cc34)CC2)c1. The smallest absolute Gasteiger partial charge is 0.434 e. The van der Waals surface area contributed by atoms with Crippen LogP contribution in [0, 0.1) is 0 Å². The summed E-state index contributed by atoms with van der Waals surface area (Å²) >= 11 is 1.69. The summed E-state index contributed by atoms with van der Waals surface area (Å²) in [6.07, 6.45) is 2.47. The number of ether oxygens (including phenoxy) is 1. The van der Waals surface area contributed by atoms with Gasteiger partial charge in [-0.25, -0.2) is 0 Å². The van der Waals surface area contributed by atoms with Gasteiger partial charge in [-0.05, 0) is 48.2 Å². The van der Waals surface area contributed by atoms with E-state index in [1.807, 2.05) is 24.5 Å². The summed E-state index contributed by atoms with van der Waals surface area (Å²) in [5.41, 5.74) is 1.55. The van der Waals surface area contributed by atoms with Crippen molar-refractivity contribution in [3.8, 4) is 5.75 Å². The molecule has 33 heavy (non-hydrogen) atoms. The van der Waals surface area contributed by atoms with Crippen LogP contribution in [0.1, 0.15) is 18.4 Å². The number of aliphatic imine (C=N–C) groups is 1. The molecule has 0 amide bonds. The first-order chi connectivity index (χ1) is 15.9. The third kappa shape index (κ3) is 4.44. The van der Waals surface area contributed by atoms with Crippen LogP contribution in [0.3, 0.4) is 0 Å². The van der Waals surface area contributed by atoms with Gasteiger partial charge in [-0.3, -0.25) is 9.98 Å². The maximum absolute atomic E-state index is 13.2. The quantitative estimate of drug-likeness (QED) is 0.408. The van der Waals surface area contributed by atoms with Crippen molar-refractivity contribution in [3.05, 3.63) is 66.5 Å². The number of alkyl halides is 3. The van der Waals surface area contributed by atoms with Gasteiger partial charge >= 0.3 is 6.18 Å². The minimum absolute atomic E-state index is 0.124. The molecule has 4 nitrogen and oxygen atoms in total. The van der Waals surface area contributed by atoms with Gasteiger partial charge in [-0.15, -0.1) is 11.8 Å². The van der Waals surface area contributed by atoms with E-state index in [9.17, 15) is 13.2 Å². The Balaban J connectivity index is 1.33. The number of benzene rings is 2. The number of hydrogen-bond donors (Lipinski definition) is 0. The lowest BCUT2D eigenvalue weighted by Crippen LogP contribution is -2.38. The topological polar surface area (TPSA) is 37.7 Å². The Kier molecular flexibility index (Phi) is 5.78. The Bertz CT molecular complexity index is 1250. The number of piperidine rings is 1. The molecule has 1 fully saturated rings. The molecule has 0 N–H and O–H groups in total. The van der Waals surface area contributed by atoms with E-state index in [-0.39, 0.29) is 11.7 Å². The molecule has 0 bridgehead atoms. The van der Waals surface area contributed by atoms with Gasteiger partial charge in [0.15, 0.2) is 5.71 Å². The molecule has 1 saturated heterocycles. The van der Waals surface area contributed by atoms with E-state index >= 15 is 0 Å². The Labute approximate surface area is 194 Å². The van der Waals surface area contributed by atoms with Crippen LogP contribution in [0.2, 0.25) is 0 Å². The van der Waals surface area contributed by atoms with E-state index in [0.717, 1.165) is 48.3 Å². The van der Waals surface area contributed by atoms with Crippen LogP contribution in [0.25, 0.3) is 16.5 Å². The van der Waals surface area contributed by atoms with Gasteiger partial charge in [0.05, 0.1) is 5.52 Å². The highest BCUT2D eigenvalue weighted by atomic mass is 32.2. The van der Waals surface area contributed by atoms with Crippen molar-refractivity contribution in [1.82, 2.24) is 4.98 Å². The monoisotopic (exact) mass is 469 g/mol. The zero-order valence-corrected chi connectivity index (χ0v) is 18.8. The molecule has 8 heteroatoms. The molecule has 3 heterocycles. The van der Waals surface area contributed by atoms with Crippen molar-refractivity contribution in [2.24, 2.45) is 4.99 Å². The second-order valence-electron chi connectivity index (χ2n) is 8.06. The maximum atomic E-state index is 13.2. The molecule has 2 aliphatic heterocycles. The van der Waals surface area contributed by atoms with Gasteiger partial charge in [-0.2, -0.15) is 13.2 Å². The number of allylic oxidation sites excluding steroid dienone is 1. The summed E-state index contributed by atoms with van der Waals surface area (Å²) in [5, 5.41) is 0.844. The van der Waals surface area contributed by atoms with Crippen LogP contribution < -0.4 is 9.64 Å². The largest absolute Gasteiger partial charge is 0.490 e. The summed E-state index contributed by atoms with van der Waals surface area (Å²) in [5.74, 6) is 0.884. The van der Waals surface area contributed by atoms with Crippen LogP contribution in [0.5, 0.6) is 5.75 Å². The fourth-order valence-corrected chi connectivity index (χ4v) is 4.74. The third-order valence-electron chi connectivity index (χ3n) is 6.00. The summed E-state index contributed by atoms with van der Waals surface area (Å²) < 4.78 is 45.7. The first-order valence-electron chi connectivity index (χ1n) is 10.7. The number of thioether (sulfide) groups is 1. The molecule has 1 aromatic heterocycles. The highest BCUT2D eigenvalue weighted by molar-refractivity contribution is 7.98. The van der Waals surface area contributed by atoms with E-state index in [1.165, 1.54) is 11.1 Å². The summed E-state index contributed by atoms with van der Waals surface area (Å²) in [4.78, 5) is 11.3. The first kappa shape index (κ1) is 21.8. The van der Waals surface area contributed by atoms with Gasteiger partial charge in [0.25, 0.3) is 0 Å². The van der Waals surface area contributed by atoms with Crippen LogP contribution in [-0.2, 0) is 0 Å². The minimum atomic E-state index is -4.45. The lowest BCUT2D eigenvalue weighted by molar-refractivity contribution is -0.0576. The second-order valence-corrected chi connectivity index (χ2v) is 8.94. The molecule has 0 saturated carbocycles. The predicted molar refractivity (Wildman–Crippen MR) is 127 cm³/mol. The molecule has 2 aromatic carbocycles. The van der Waals surface area contributed by atoms with Crippen LogP contribution >= 0.6 is 11.8 Å². The highest BCUT2D eigenvalue weighted by Gasteiger charge is 2.41. The number of fused-ring (bicyclic) bond motifs is 1. The van der Waals surface area contributed by atoms with Crippen molar-refractivity contribution in [2.45, 2.75) is 30.0 Å². The van der Waals surface area contributed by atoms with Gasteiger partial charge in [0.2, 0.25) is 0 Å². The number of rotatable bonds is 5. The number of anilines is 1. The highest BCUT2D eigenvalue weighted by Crippen LogP contribution is 2.36. The summed E-state index contributed by atoms with van der Waals surface area (Å²) in [6.45, 7) is 1.60. The van der Waals surface area contributed by atoms with E-state index in [1.54, 1.807) is 36.2 Å². The molecule has 5 rings (SSSR count). The van der Waals surface area contributed by atoms with Gasteiger partial charge in [-0.1, -0.05) is 12.1 Å². The Hall–Kier alpha value is -3.00. The normalized spacial score (nSPS) is 16.9. The third-order valence-corrected chi connectivity index (χ3v) is 6.73. The Morgan fingerprint density at radius 1 is 1.06 bits per heavy atom. The number of nitrogens with zero attached hydrogens (tertiary/aromatic N) is 3. The van der Waals surface area contributed by atoms with Crippen molar-refractivity contribution in [2.75, 3.05) is 24.2 Å². The summed E-state index contributed by atoms with van der Waals surface area (Å²) in [6, 6.07) is 15.3. The fraction of sp³-hybridized carbons (Fsp3) is 0.280. The number of aromatic nitrogens is 1. The molecule has 3 aromatic rings. The van der Waals surface area contributed by atoms with Crippen LogP contribution in [0.15, 0.2) is 70.8 Å². The number of hydrogen-bond acceptors (Lipinski definition) is 5. The molecule has 170 valence electrons. The lowest BCUT2D eigenvalue weighted by Gasteiger charge is -2.34. The van der Waals surface area contributed by atoms with E-state index < -0.39 is 11.9 Å². The molecule has 0 aliphatic carbocycles. The molecule has 0 spiro atoms. The predicted octanol–water partition coefficient (Wildman–Crippen LogP) is 6.36. The van der Waals surface area contributed by atoms with Crippen LogP contribution in [0.4, 0.5) is 18.9 Å². The molecule has 0 atom stereocenters. The van der Waals surface area contributed by atoms with Gasteiger partial charge < -0.3 is 9.64 Å². The van der Waals surface area contributed by atoms with E-state index in [4.69, 9.17) is 4.74 Å². The molecule has 0 radical (unpaired) electrons. The lowest BCUT2D eigenvalue weighted by atomic mass is 9.96. The molecular formula is C25H22F3N3OS.